The number of hydrogen-bond donors (Lipinski definition) is 0. The van der Waals surface area contributed by atoms with Gasteiger partial charge in [0, 0.05) is 6.92 Å². The van der Waals surface area contributed by atoms with Crippen molar-refractivity contribution in [2.75, 3.05) is 6.61 Å². The Morgan fingerprint density at radius 3 is 2.39 bits per heavy atom. The number of carbonyl (C=O) groups is 1. The van der Waals surface area contributed by atoms with Crippen LogP contribution in [0.2, 0.25) is 0 Å². The molecule has 0 heterocycles. The number of rotatable bonds is 6. The van der Waals surface area contributed by atoms with Crippen LogP contribution in [0, 0.1) is 23.7 Å². The van der Waals surface area contributed by atoms with Crippen molar-refractivity contribution < 1.29 is 9.53 Å². The average Bonchev–Trinajstić information content (AvgIpc) is 2.71. The average molecular weight is 250 g/mol. The van der Waals surface area contributed by atoms with Crippen LogP contribution in [0.4, 0.5) is 0 Å². The molecule has 1 rings (SSSR count). The number of carbonyl (C=O) groups excluding carboxylic acids is 1. The molecule has 4 atom stereocenters. The van der Waals surface area contributed by atoms with Crippen LogP contribution in [-0.4, -0.2) is 12.6 Å². The number of hydrogen-bond acceptors (Lipinski definition) is 2. The molecule has 0 aromatic carbocycles. The van der Waals surface area contributed by atoms with E-state index in [1.165, 1.54) is 26.2 Å². The largest absolute Gasteiger partial charge is 0.462 e. The highest BCUT2D eigenvalue weighted by atomic mass is 16.5. The van der Waals surface area contributed by atoms with Crippen molar-refractivity contribution in [3.63, 3.8) is 0 Å². The van der Waals surface area contributed by atoms with Gasteiger partial charge in [-0.05, 0) is 30.1 Å². The molecule has 0 aromatic rings. The van der Waals surface area contributed by atoms with Crippen LogP contribution in [0.25, 0.3) is 0 Å². The van der Waals surface area contributed by atoms with Crippen molar-refractivity contribution in [1.29, 1.82) is 0 Å². The van der Waals surface area contributed by atoms with E-state index in [1.807, 2.05) is 6.08 Å². The summed E-state index contributed by atoms with van der Waals surface area (Å²) in [6.45, 7) is 10.4. The first-order chi connectivity index (χ1) is 8.63. The minimum atomic E-state index is -0.214. The zero-order chi connectivity index (χ0) is 13.5. The van der Waals surface area contributed by atoms with Gasteiger partial charge in [-0.25, -0.2) is 0 Å². The topological polar surface area (TPSA) is 26.3 Å². The first kappa shape index (κ1) is 15.0. The van der Waals surface area contributed by atoms with Crippen molar-refractivity contribution >= 4 is 5.97 Å². The maximum atomic E-state index is 10.7. The molecular formula is C16H26O2. The van der Waals surface area contributed by atoms with Gasteiger partial charge in [0.25, 0.3) is 0 Å². The van der Waals surface area contributed by atoms with Gasteiger partial charge in [-0.3, -0.25) is 4.79 Å². The normalized spacial score (nSPS) is 31.7. The van der Waals surface area contributed by atoms with Crippen molar-refractivity contribution in [3.05, 3.63) is 24.8 Å². The third-order valence-corrected chi connectivity index (χ3v) is 4.21. The second-order valence-electron chi connectivity index (χ2n) is 5.17. The zero-order valence-electron chi connectivity index (χ0n) is 11.9. The first-order valence-corrected chi connectivity index (χ1v) is 7.06. The van der Waals surface area contributed by atoms with E-state index in [0.29, 0.717) is 18.4 Å². The van der Waals surface area contributed by atoms with E-state index in [2.05, 4.69) is 32.6 Å². The molecule has 0 bridgehead atoms. The summed E-state index contributed by atoms with van der Waals surface area (Å²) in [6.07, 6.45) is 9.99. The summed E-state index contributed by atoms with van der Waals surface area (Å²) in [4.78, 5) is 10.7. The standard InChI is InChI=1S/C16H26O2/c1-5-13-11-14(9-8-10-18-12(4)17)16(7-3)15(13)6-2/h5,8-9,13-16H,1,6-7,10-11H2,2-4H3/b9-8-/t13-,14+,15-,16+/m0/s1. The fourth-order valence-corrected chi connectivity index (χ4v) is 3.40. The molecule has 0 unspecified atom stereocenters. The molecule has 0 saturated heterocycles. The minimum absolute atomic E-state index is 0.214. The fraction of sp³-hybridized carbons (Fsp3) is 0.688. The van der Waals surface area contributed by atoms with Crippen LogP contribution in [-0.2, 0) is 9.53 Å². The number of allylic oxidation sites excluding steroid dienone is 2. The predicted molar refractivity (Wildman–Crippen MR) is 75.1 cm³/mol. The van der Waals surface area contributed by atoms with Crippen molar-refractivity contribution in [2.24, 2.45) is 23.7 Å². The van der Waals surface area contributed by atoms with Crippen molar-refractivity contribution in [3.8, 4) is 0 Å². The quantitative estimate of drug-likeness (QED) is 0.526. The third kappa shape index (κ3) is 3.72. The highest BCUT2D eigenvalue weighted by Gasteiger charge is 2.38. The summed E-state index contributed by atoms with van der Waals surface area (Å²) >= 11 is 0. The van der Waals surface area contributed by atoms with E-state index in [-0.39, 0.29) is 5.97 Å². The Morgan fingerprint density at radius 2 is 1.89 bits per heavy atom. The Bertz CT molecular complexity index is 306. The molecular weight excluding hydrogens is 224 g/mol. The lowest BCUT2D eigenvalue weighted by Gasteiger charge is -2.22. The van der Waals surface area contributed by atoms with Crippen molar-refractivity contribution in [2.45, 2.75) is 40.0 Å². The molecule has 0 N–H and O–H groups in total. The Kier molecular flexibility index (Phi) is 6.17. The number of esters is 1. The highest BCUT2D eigenvalue weighted by molar-refractivity contribution is 5.65. The van der Waals surface area contributed by atoms with Gasteiger partial charge in [0.15, 0.2) is 0 Å². The molecule has 1 aliphatic carbocycles. The second kappa shape index (κ2) is 7.40. The van der Waals surface area contributed by atoms with Gasteiger partial charge in [-0.15, -0.1) is 6.58 Å². The van der Waals surface area contributed by atoms with E-state index in [9.17, 15) is 4.79 Å². The van der Waals surface area contributed by atoms with Gasteiger partial charge < -0.3 is 4.74 Å². The molecule has 0 aromatic heterocycles. The van der Waals surface area contributed by atoms with E-state index < -0.39 is 0 Å². The molecule has 2 heteroatoms. The number of ether oxygens (including phenoxy) is 1. The van der Waals surface area contributed by atoms with E-state index in [1.54, 1.807) is 0 Å². The molecule has 1 aliphatic rings. The van der Waals surface area contributed by atoms with Gasteiger partial charge in [0.2, 0.25) is 0 Å². The maximum absolute atomic E-state index is 10.7. The summed E-state index contributed by atoms with van der Waals surface area (Å²) in [5, 5.41) is 0. The summed E-state index contributed by atoms with van der Waals surface area (Å²) < 4.78 is 4.93. The smallest absolute Gasteiger partial charge is 0.302 e. The van der Waals surface area contributed by atoms with E-state index in [4.69, 9.17) is 4.74 Å². The second-order valence-corrected chi connectivity index (χ2v) is 5.17. The van der Waals surface area contributed by atoms with Gasteiger partial charge in [0.1, 0.15) is 6.61 Å². The molecule has 2 nitrogen and oxygen atoms in total. The van der Waals surface area contributed by atoms with Crippen LogP contribution in [0.1, 0.15) is 40.0 Å². The van der Waals surface area contributed by atoms with Crippen LogP contribution < -0.4 is 0 Å². The molecule has 0 aliphatic heterocycles. The monoisotopic (exact) mass is 250 g/mol. The van der Waals surface area contributed by atoms with Gasteiger partial charge >= 0.3 is 5.97 Å². The lowest BCUT2D eigenvalue weighted by Crippen LogP contribution is -2.14. The molecule has 18 heavy (non-hydrogen) atoms. The summed E-state index contributed by atoms with van der Waals surface area (Å²) in [5.41, 5.74) is 0. The van der Waals surface area contributed by atoms with Crippen molar-refractivity contribution in [1.82, 2.24) is 0 Å². The molecule has 1 fully saturated rings. The zero-order valence-corrected chi connectivity index (χ0v) is 11.9. The SMILES string of the molecule is C=C[C@H]1C[C@@H](/C=C\COC(C)=O)[C@@H](CC)[C@H]1CC. The van der Waals surface area contributed by atoms with Gasteiger partial charge in [-0.2, -0.15) is 0 Å². The van der Waals surface area contributed by atoms with Crippen LogP contribution in [0.3, 0.4) is 0 Å². The molecule has 0 amide bonds. The third-order valence-electron chi connectivity index (χ3n) is 4.21. The molecule has 0 spiro atoms. The van der Waals surface area contributed by atoms with Crippen LogP contribution in [0.15, 0.2) is 24.8 Å². The Labute approximate surface area is 111 Å². The summed E-state index contributed by atoms with van der Waals surface area (Å²) in [7, 11) is 0. The molecule has 102 valence electrons. The fourth-order valence-electron chi connectivity index (χ4n) is 3.40. The van der Waals surface area contributed by atoms with Crippen LogP contribution >= 0.6 is 0 Å². The van der Waals surface area contributed by atoms with Gasteiger partial charge in [-0.1, -0.05) is 44.9 Å². The molecule has 0 radical (unpaired) electrons. The van der Waals surface area contributed by atoms with E-state index >= 15 is 0 Å². The maximum Gasteiger partial charge on any atom is 0.302 e. The Balaban J connectivity index is 2.59. The predicted octanol–water partition coefficient (Wildman–Crippen LogP) is 3.98. The summed E-state index contributed by atoms with van der Waals surface area (Å²) in [5.74, 6) is 2.54. The van der Waals surface area contributed by atoms with E-state index in [0.717, 1.165) is 11.8 Å². The molecule has 1 saturated carbocycles. The lowest BCUT2D eigenvalue weighted by atomic mass is 9.83. The van der Waals surface area contributed by atoms with Gasteiger partial charge in [0.05, 0.1) is 0 Å². The minimum Gasteiger partial charge on any atom is -0.462 e. The summed E-state index contributed by atoms with van der Waals surface area (Å²) in [6, 6.07) is 0. The first-order valence-electron chi connectivity index (χ1n) is 7.06. The van der Waals surface area contributed by atoms with Crippen LogP contribution in [0.5, 0.6) is 0 Å². The highest BCUT2D eigenvalue weighted by Crippen LogP contribution is 2.46. The Morgan fingerprint density at radius 1 is 1.28 bits per heavy atom. The lowest BCUT2D eigenvalue weighted by molar-refractivity contribution is -0.139. The Hall–Kier alpha value is -1.05.